The minimum Gasteiger partial charge on any atom is -0.478 e. The Morgan fingerprint density at radius 2 is 2.24 bits per heavy atom. The number of hydrogen-bond acceptors (Lipinski definition) is 4. The lowest BCUT2D eigenvalue weighted by atomic mass is 10.1. The molecule has 0 radical (unpaired) electrons. The maximum atomic E-state index is 10.7. The van der Waals surface area contributed by atoms with Gasteiger partial charge in [-0.05, 0) is 17.7 Å². The van der Waals surface area contributed by atoms with Gasteiger partial charge in [-0.3, -0.25) is 4.84 Å². The van der Waals surface area contributed by atoms with Crippen LogP contribution in [0.1, 0.15) is 15.9 Å². The van der Waals surface area contributed by atoms with Gasteiger partial charge in [0.1, 0.15) is 0 Å². The van der Waals surface area contributed by atoms with E-state index in [0.717, 1.165) is 10.0 Å². The molecule has 1 aromatic rings. The van der Waals surface area contributed by atoms with Crippen LogP contribution in [0.3, 0.4) is 0 Å². The highest BCUT2D eigenvalue weighted by atomic mass is 79.9. The van der Waals surface area contributed by atoms with E-state index in [4.69, 9.17) is 14.7 Å². The van der Waals surface area contributed by atoms with Crippen LogP contribution in [0.5, 0.6) is 0 Å². The molecule has 0 aromatic heterocycles. The lowest BCUT2D eigenvalue weighted by Crippen LogP contribution is -2.17. The predicted molar refractivity (Wildman–Crippen MR) is 65.8 cm³/mol. The number of halogens is 1. The van der Waals surface area contributed by atoms with E-state index >= 15 is 0 Å². The van der Waals surface area contributed by atoms with Gasteiger partial charge in [-0.15, -0.1) is 0 Å². The van der Waals surface area contributed by atoms with Crippen LogP contribution in [-0.2, 0) is 16.1 Å². The molecule has 0 amide bonds. The quantitative estimate of drug-likeness (QED) is 0.594. The molecule has 0 saturated heterocycles. The number of carboxylic acids is 1. The smallest absolute Gasteiger partial charge is 0.335 e. The highest BCUT2D eigenvalue weighted by Crippen LogP contribution is 2.18. The molecule has 0 fully saturated rings. The molecule has 94 valence electrons. The van der Waals surface area contributed by atoms with Crippen LogP contribution in [0.25, 0.3) is 0 Å². The zero-order chi connectivity index (χ0) is 12.7. The summed E-state index contributed by atoms with van der Waals surface area (Å²) in [5.74, 6) is -0.943. The molecule has 2 N–H and O–H groups in total. The molecule has 0 aliphatic heterocycles. The summed E-state index contributed by atoms with van der Waals surface area (Å²) in [6.45, 7) is 1.47. The molecule has 5 nitrogen and oxygen atoms in total. The number of carbonyl (C=O) groups is 1. The molecule has 0 aliphatic rings. The number of hydroxylamine groups is 1. The van der Waals surface area contributed by atoms with Crippen molar-refractivity contribution in [1.82, 2.24) is 5.48 Å². The van der Waals surface area contributed by atoms with Crippen LogP contribution in [0.15, 0.2) is 22.7 Å². The number of ether oxygens (including phenoxy) is 1. The van der Waals surface area contributed by atoms with Gasteiger partial charge in [0, 0.05) is 18.1 Å². The highest BCUT2D eigenvalue weighted by Gasteiger charge is 2.06. The van der Waals surface area contributed by atoms with Crippen molar-refractivity contribution in [1.29, 1.82) is 0 Å². The Morgan fingerprint density at radius 1 is 1.47 bits per heavy atom. The fraction of sp³-hybridized carbons (Fsp3) is 0.364. The Labute approximate surface area is 108 Å². The molecule has 1 aromatic carbocycles. The van der Waals surface area contributed by atoms with Gasteiger partial charge in [0.25, 0.3) is 0 Å². The van der Waals surface area contributed by atoms with Crippen molar-refractivity contribution in [2.75, 3.05) is 20.3 Å². The second kappa shape index (κ2) is 7.39. The summed E-state index contributed by atoms with van der Waals surface area (Å²) in [5.41, 5.74) is 3.94. The standard InChI is InChI=1S/C11H14BrNO4/c1-16-4-5-17-13-7-9-3-2-8(11(14)15)6-10(9)12/h2-3,6,13H,4-5,7H2,1H3,(H,14,15). The second-order valence-corrected chi connectivity index (χ2v) is 4.13. The van der Waals surface area contributed by atoms with Crippen molar-refractivity contribution < 1.29 is 19.5 Å². The summed E-state index contributed by atoms with van der Waals surface area (Å²) in [5, 5.41) is 8.80. The summed E-state index contributed by atoms with van der Waals surface area (Å²) >= 11 is 3.31. The molecule has 0 unspecified atom stereocenters. The lowest BCUT2D eigenvalue weighted by Gasteiger charge is -2.07. The monoisotopic (exact) mass is 303 g/mol. The zero-order valence-electron chi connectivity index (χ0n) is 9.40. The average Bonchev–Trinajstić information content (AvgIpc) is 2.30. The van der Waals surface area contributed by atoms with E-state index in [9.17, 15) is 4.79 Å². The minimum atomic E-state index is -0.943. The predicted octanol–water partition coefficient (Wildman–Crippen LogP) is 1.81. The van der Waals surface area contributed by atoms with Gasteiger partial charge in [-0.1, -0.05) is 22.0 Å². The third-order valence-electron chi connectivity index (χ3n) is 2.05. The van der Waals surface area contributed by atoms with Crippen LogP contribution in [-0.4, -0.2) is 31.4 Å². The number of carboxylic acid groups (broad SMARTS) is 1. The Bertz CT molecular complexity index is 384. The van der Waals surface area contributed by atoms with Crippen LogP contribution < -0.4 is 5.48 Å². The van der Waals surface area contributed by atoms with Gasteiger partial charge in [0.15, 0.2) is 0 Å². The Hall–Kier alpha value is -0.950. The van der Waals surface area contributed by atoms with Crippen LogP contribution >= 0.6 is 15.9 Å². The fourth-order valence-corrected chi connectivity index (χ4v) is 1.67. The summed E-state index contributed by atoms with van der Waals surface area (Å²) in [6, 6.07) is 4.86. The maximum Gasteiger partial charge on any atom is 0.335 e. The Balaban J connectivity index is 2.46. The summed E-state index contributed by atoms with van der Waals surface area (Å²) < 4.78 is 5.56. The lowest BCUT2D eigenvalue weighted by molar-refractivity contribution is 0.00338. The first kappa shape index (κ1) is 14.1. The van der Waals surface area contributed by atoms with Crippen LogP contribution in [0.4, 0.5) is 0 Å². The minimum absolute atomic E-state index is 0.251. The zero-order valence-corrected chi connectivity index (χ0v) is 11.0. The van der Waals surface area contributed by atoms with Crippen molar-refractivity contribution >= 4 is 21.9 Å². The van der Waals surface area contributed by atoms with E-state index < -0.39 is 5.97 Å². The molecule has 6 heteroatoms. The second-order valence-electron chi connectivity index (χ2n) is 3.27. The summed E-state index contributed by atoms with van der Waals surface area (Å²) in [7, 11) is 1.60. The molecule has 0 spiro atoms. The van der Waals surface area contributed by atoms with E-state index in [1.165, 1.54) is 0 Å². The first-order chi connectivity index (χ1) is 8.15. The molecule has 0 aliphatic carbocycles. The number of benzene rings is 1. The van der Waals surface area contributed by atoms with Gasteiger partial charge in [0.2, 0.25) is 0 Å². The van der Waals surface area contributed by atoms with Crippen molar-refractivity contribution in [2.24, 2.45) is 0 Å². The van der Waals surface area contributed by atoms with Crippen LogP contribution in [0.2, 0.25) is 0 Å². The van der Waals surface area contributed by atoms with Gasteiger partial charge < -0.3 is 9.84 Å². The van der Waals surface area contributed by atoms with E-state index in [-0.39, 0.29) is 5.56 Å². The van der Waals surface area contributed by atoms with Crippen molar-refractivity contribution in [3.63, 3.8) is 0 Å². The molecule has 0 bridgehead atoms. The number of hydrogen-bond donors (Lipinski definition) is 2. The number of aromatic carboxylic acids is 1. The molecule has 0 atom stereocenters. The van der Waals surface area contributed by atoms with Gasteiger partial charge >= 0.3 is 5.97 Å². The third kappa shape index (κ3) is 4.82. The summed E-state index contributed by atoms with van der Waals surface area (Å²) in [6.07, 6.45) is 0. The SMILES string of the molecule is COCCONCc1ccc(C(=O)O)cc1Br. The third-order valence-corrected chi connectivity index (χ3v) is 2.79. The molecule has 0 saturated carbocycles. The maximum absolute atomic E-state index is 10.7. The van der Waals surface area contributed by atoms with E-state index in [1.54, 1.807) is 25.3 Å². The molecule has 17 heavy (non-hydrogen) atoms. The van der Waals surface area contributed by atoms with E-state index in [0.29, 0.717) is 19.8 Å². The van der Waals surface area contributed by atoms with Gasteiger partial charge in [-0.25, -0.2) is 4.79 Å². The first-order valence-corrected chi connectivity index (χ1v) is 5.79. The van der Waals surface area contributed by atoms with Crippen molar-refractivity contribution in [3.05, 3.63) is 33.8 Å². The first-order valence-electron chi connectivity index (χ1n) is 5.00. The molecular formula is C11H14BrNO4. The van der Waals surface area contributed by atoms with Crippen molar-refractivity contribution in [2.45, 2.75) is 6.54 Å². The topological polar surface area (TPSA) is 67.8 Å². The van der Waals surface area contributed by atoms with Gasteiger partial charge in [-0.2, -0.15) is 5.48 Å². The molecular weight excluding hydrogens is 290 g/mol. The summed E-state index contributed by atoms with van der Waals surface area (Å²) in [4.78, 5) is 15.8. The average molecular weight is 304 g/mol. The normalized spacial score (nSPS) is 10.5. The Kier molecular flexibility index (Phi) is 6.13. The number of nitrogens with one attached hydrogen (secondary N) is 1. The highest BCUT2D eigenvalue weighted by molar-refractivity contribution is 9.10. The Morgan fingerprint density at radius 3 is 2.82 bits per heavy atom. The van der Waals surface area contributed by atoms with Crippen LogP contribution in [0, 0.1) is 0 Å². The van der Waals surface area contributed by atoms with Crippen molar-refractivity contribution in [3.8, 4) is 0 Å². The number of rotatable bonds is 7. The fourth-order valence-electron chi connectivity index (χ4n) is 1.15. The largest absolute Gasteiger partial charge is 0.478 e. The number of methoxy groups -OCH3 is 1. The molecule has 0 heterocycles. The molecule has 1 rings (SSSR count). The van der Waals surface area contributed by atoms with Gasteiger partial charge in [0.05, 0.1) is 18.8 Å². The van der Waals surface area contributed by atoms with E-state index in [1.807, 2.05) is 0 Å². The van der Waals surface area contributed by atoms with E-state index in [2.05, 4.69) is 21.4 Å².